The summed E-state index contributed by atoms with van der Waals surface area (Å²) in [5.41, 5.74) is 5.85. The maximum Gasteiger partial charge on any atom is 0.255 e. The Morgan fingerprint density at radius 2 is 1.91 bits per heavy atom. The number of benzene rings is 1. The third-order valence-electron chi connectivity index (χ3n) is 7.02. The Hall–Kier alpha value is -3.39. The molecule has 0 spiro atoms. The molecule has 1 saturated heterocycles. The SMILES string of the molecule is Cc1ccc(OCC2CC2)c(-c2ccnc3c(C(=O)NC4CCN(C(=O)CO)CC4)c(C)[nH]c23)c1. The molecule has 2 fully saturated rings. The van der Waals surface area contributed by atoms with Crippen LogP contribution < -0.4 is 10.1 Å². The first-order chi connectivity index (χ1) is 16.9. The quantitative estimate of drug-likeness (QED) is 0.485. The van der Waals surface area contributed by atoms with E-state index in [0.717, 1.165) is 40.3 Å². The summed E-state index contributed by atoms with van der Waals surface area (Å²) in [7, 11) is 0. The number of nitrogens with one attached hydrogen (secondary N) is 2. The van der Waals surface area contributed by atoms with Gasteiger partial charge in [-0.1, -0.05) is 11.6 Å². The fraction of sp³-hybridized carbons (Fsp3) is 0.444. The molecule has 1 aliphatic carbocycles. The zero-order chi connectivity index (χ0) is 24.5. The Kier molecular flexibility index (Phi) is 6.47. The van der Waals surface area contributed by atoms with Crippen molar-refractivity contribution in [2.24, 2.45) is 5.92 Å². The van der Waals surface area contributed by atoms with Crippen LogP contribution >= 0.6 is 0 Å². The Labute approximate surface area is 204 Å². The van der Waals surface area contributed by atoms with Crippen molar-refractivity contribution in [3.63, 3.8) is 0 Å². The van der Waals surface area contributed by atoms with Gasteiger partial charge in [0.1, 0.15) is 17.9 Å². The van der Waals surface area contributed by atoms with Crippen molar-refractivity contribution in [2.45, 2.75) is 45.6 Å². The van der Waals surface area contributed by atoms with E-state index in [0.29, 0.717) is 42.9 Å². The number of fused-ring (bicyclic) bond motifs is 1. The second kappa shape index (κ2) is 9.70. The molecule has 184 valence electrons. The highest BCUT2D eigenvalue weighted by Crippen LogP contribution is 2.38. The number of amides is 2. The molecule has 3 N–H and O–H groups in total. The first-order valence-electron chi connectivity index (χ1n) is 12.3. The minimum Gasteiger partial charge on any atom is -0.493 e. The van der Waals surface area contributed by atoms with Crippen LogP contribution in [0.5, 0.6) is 5.75 Å². The van der Waals surface area contributed by atoms with Crippen LogP contribution in [0.25, 0.3) is 22.2 Å². The largest absolute Gasteiger partial charge is 0.493 e. The number of carbonyl (C=O) groups is 2. The number of rotatable bonds is 7. The first kappa shape index (κ1) is 23.4. The zero-order valence-electron chi connectivity index (χ0n) is 20.3. The van der Waals surface area contributed by atoms with E-state index in [-0.39, 0.29) is 17.9 Å². The van der Waals surface area contributed by atoms with Gasteiger partial charge in [-0.15, -0.1) is 0 Å². The lowest BCUT2D eigenvalue weighted by molar-refractivity contribution is -0.135. The van der Waals surface area contributed by atoms with Gasteiger partial charge in [0.05, 0.1) is 17.7 Å². The Morgan fingerprint density at radius 3 is 2.63 bits per heavy atom. The smallest absolute Gasteiger partial charge is 0.255 e. The molecular weight excluding hydrogens is 444 g/mol. The summed E-state index contributed by atoms with van der Waals surface area (Å²) in [6.45, 7) is 5.25. The van der Waals surface area contributed by atoms with Gasteiger partial charge in [-0.3, -0.25) is 14.6 Å². The van der Waals surface area contributed by atoms with Gasteiger partial charge in [-0.25, -0.2) is 0 Å². The molecule has 3 aromatic rings. The molecule has 2 aromatic heterocycles. The predicted octanol–water partition coefficient (Wildman–Crippen LogP) is 3.35. The number of hydrogen-bond acceptors (Lipinski definition) is 5. The number of likely N-dealkylation sites (tertiary alicyclic amines) is 1. The summed E-state index contributed by atoms with van der Waals surface area (Å²) in [6.07, 6.45) is 5.51. The van der Waals surface area contributed by atoms with Crippen molar-refractivity contribution >= 4 is 22.8 Å². The Bertz CT molecular complexity index is 1260. The van der Waals surface area contributed by atoms with Crippen LogP contribution in [-0.2, 0) is 4.79 Å². The summed E-state index contributed by atoms with van der Waals surface area (Å²) in [6, 6.07) is 8.14. The fourth-order valence-electron chi connectivity index (χ4n) is 4.81. The van der Waals surface area contributed by atoms with Crippen LogP contribution in [0.2, 0.25) is 0 Å². The van der Waals surface area contributed by atoms with Crippen LogP contribution in [0.1, 0.15) is 47.3 Å². The number of aliphatic hydroxyl groups excluding tert-OH is 1. The highest BCUT2D eigenvalue weighted by Gasteiger charge is 2.27. The topological polar surface area (TPSA) is 108 Å². The van der Waals surface area contributed by atoms with Gasteiger partial charge >= 0.3 is 0 Å². The van der Waals surface area contributed by atoms with E-state index in [2.05, 4.69) is 34.3 Å². The molecule has 2 aliphatic rings. The second-order valence-corrected chi connectivity index (χ2v) is 9.75. The number of aliphatic hydroxyl groups is 1. The van der Waals surface area contributed by atoms with E-state index in [9.17, 15) is 9.59 Å². The molecular formula is C27H32N4O4. The van der Waals surface area contributed by atoms with Crippen LogP contribution in [0.4, 0.5) is 0 Å². The standard InChI is InChI=1S/C27H32N4O4/c1-16-3-6-22(35-15-18-4-5-18)21(13-16)20-7-10-28-26-24(17(2)29-25(20)26)27(34)30-19-8-11-31(12-9-19)23(33)14-32/h3,6-7,10,13,18-19,29,32H,4-5,8-9,11-12,14-15H2,1-2H3,(H,30,34). The maximum absolute atomic E-state index is 13.3. The van der Waals surface area contributed by atoms with Gasteiger partial charge in [-0.2, -0.15) is 0 Å². The second-order valence-electron chi connectivity index (χ2n) is 9.75. The number of pyridine rings is 1. The molecule has 2 amide bonds. The lowest BCUT2D eigenvalue weighted by atomic mass is 10.0. The molecule has 0 atom stereocenters. The summed E-state index contributed by atoms with van der Waals surface area (Å²) >= 11 is 0. The lowest BCUT2D eigenvalue weighted by Gasteiger charge is -2.32. The third-order valence-corrected chi connectivity index (χ3v) is 7.02. The molecule has 8 nitrogen and oxygen atoms in total. The van der Waals surface area contributed by atoms with E-state index in [1.165, 1.54) is 12.8 Å². The molecule has 1 saturated carbocycles. The van der Waals surface area contributed by atoms with Gasteiger partial charge in [0.15, 0.2) is 0 Å². The minimum absolute atomic E-state index is 0.0306. The number of aromatic amines is 1. The normalized spacial score (nSPS) is 16.5. The van der Waals surface area contributed by atoms with Crippen molar-refractivity contribution in [3.05, 3.63) is 47.3 Å². The number of ether oxygens (including phenoxy) is 1. The molecule has 35 heavy (non-hydrogen) atoms. The molecule has 0 bridgehead atoms. The van der Waals surface area contributed by atoms with Gasteiger partial charge < -0.3 is 25.0 Å². The van der Waals surface area contributed by atoms with E-state index < -0.39 is 6.61 Å². The summed E-state index contributed by atoms with van der Waals surface area (Å²) in [5, 5.41) is 12.2. The first-order valence-corrected chi connectivity index (χ1v) is 12.3. The summed E-state index contributed by atoms with van der Waals surface area (Å²) in [4.78, 5) is 34.6. The minimum atomic E-state index is -0.478. The summed E-state index contributed by atoms with van der Waals surface area (Å²) in [5.74, 6) is 1.06. The number of carbonyl (C=O) groups excluding carboxylic acids is 2. The van der Waals surface area contributed by atoms with E-state index in [4.69, 9.17) is 9.84 Å². The monoisotopic (exact) mass is 476 g/mol. The Balaban J connectivity index is 1.41. The van der Waals surface area contributed by atoms with Crippen molar-refractivity contribution in [1.82, 2.24) is 20.2 Å². The average Bonchev–Trinajstić information content (AvgIpc) is 3.62. The van der Waals surface area contributed by atoms with Crippen LogP contribution in [0.3, 0.4) is 0 Å². The number of piperidine rings is 1. The predicted molar refractivity (Wildman–Crippen MR) is 133 cm³/mol. The molecule has 0 unspecified atom stereocenters. The zero-order valence-corrected chi connectivity index (χ0v) is 20.3. The number of hydrogen-bond donors (Lipinski definition) is 3. The molecule has 1 aliphatic heterocycles. The highest BCUT2D eigenvalue weighted by molar-refractivity contribution is 6.09. The number of nitrogens with zero attached hydrogens (tertiary/aromatic N) is 2. The van der Waals surface area contributed by atoms with Crippen molar-refractivity contribution in [2.75, 3.05) is 26.3 Å². The summed E-state index contributed by atoms with van der Waals surface area (Å²) < 4.78 is 6.18. The van der Waals surface area contributed by atoms with Crippen LogP contribution in [-0.4, -0.2) is 64.1 Å². The number of H-pyrrole nitrogens is 1. The highest BCUT2D eigenvalue weighted by atomic mass is 16.5. The maximum atomic E-state index is 13.3. The van der Waals surface area contributed by atoms with Gasteiger partial charge in [0.2, 0.25) is 5.91 Å². The van der Waals surface area contributed by atoms with E-state index in [1.54, 1.807) is 11.1 Å². The van der Waals surface area contributed by atoms with Crippen molar-refractivity contribution in [1.29, 1.82) is 0 Å². The average molecular weight is 477 g/mol. The van der Waals surface area contributed by atoms with Crippen LogP contribution in [0, 0.1) is 19.8 Å². The van der Waals surface area contributed by atoms with E-state index >= 15 is 0 Å². The fourth-order valence-corrected chi connectivity index (χ4v) is 4.81. The number of aryl methyl sites for hydroxylation is 2. The number of aromatic nitrogens is 2. The van der Waals surface area contributed by atoms with Gasteiger partial charge in [-0.05, 0) is 63.6 Å². The molecule has 1 aromatic carbocycles. The molecule has 5 rings (SSSR count). The van der Waals surface area contributed by atoms with Gasteiger partial charge in [0, 0.05) is 42.1 Å². The Morgan fingerprint density at radius 1 is 1.14 bits per heavy atom. The third kappa shape index (κ3) is 4.89. The van der Waals surface area contributed by atoms with Crippen molar-refractivity contribution < 1.29 is 19.4 Å². The molecule has 3 heterocycles. The van der Waals surface area contributed by atoms with Gasteiger partial charge in [0.25, 0.3) is 5.91 Å². The van der Waals surface area contributed by atoms with Crippen LogP contribution in [0.15, 0.2) is 30.5 Å². The van der Waals surface area contributed by atoms with Crippen molar-refractivity contribution in [3.8, 4) is 16.9 Å². The lowest BCUT2D eigenvalue weighted by Crippen LogP contribution is -2.47. The molecule has 8 heteroatoms. The molecule has 0 radical (unpaired) electrons. The van der Waals surface area contributed by atoms with E-state index in [1.807, 2.05) is 19.1 Å².